The maximum absolute atomic E-state index is 14.1. The zero-order valence-corrected chi connectivity index (χ0v) is 26.3. The number of benzene rings is 1. The molecular weight excluding hydrogens is 614 g/mol. The van der Waals surface area contributed by atoms with Crippen molar-refractivity contribution in [2.45, 2.75) is 43.1 Å². The highest BCUT2D eigenvalue weighted by Gasteiger charge is 2.51. The Morgan fingerprint density at radius 3 is 2.66 bits per heavy atom. The van der Waals surface area contributed by atoms with Gasteiger partial charge in [0.15, 0.2) is 16.1 Å². The van der Waals surface area contributed by atoms with Crippen molar-refractivity contribution in [2.24, 2.45) is 0 Å². The number of ether oxygens (including phenoxy) is 2. The SMILES string of the molecule is COCCN(C)S(=O)(=O)N1CCC(CC(=O)NOC2CCCCO2)(c2ccc(-c3ccc(Cl)cc3)s2)S(=O)(=O)CC1. The highest BCUT2D eigenvalue weighted by atomic mass is 35.5. The molecule has 1 aromatic carbocycles. The molecule has 41 heavy (non-hydrogen) atoms. The van der Waals surface area contributed by atoms with Crippen molar-refractivity contribution in [2.75, 3.05) is 52.8 Å². The summed E-state index contributed by atoms with van der Waals surface area (Å²) in [5.41, 5.74) is 3.23. The molecule has 0 aliphatic carbocycles. The second-order valence-electron chi connectivity index (χ2n) is 10.1. The minimum atomic E-state index is -4.03. The Hall–Kier alpha value is -1.62. The Balaban J connectivity index is 1.65. The lowest BCUT2D eigenvalue weighted by molar-refractivity contribution is -0.200. The first-order chi connectivity index (χ1) is 19.5. The summed E-state index contributed by atoms with van der Waals surface area (Å²) in [6.45, 7) is 0.510. The molecule has 2 atom stereocenters. The van der Waals surface area contributed by atoms with E-state index in [0.717, 1.165) is 27.6 Å². The summed E-state index contributed by atoms with van der Waals surface area (Å²) in [5, 5.41) is 0.573. The van der Waals surface area contributed by atoms with E-state index >= 15 is 0 Å². The van der Waals surface area contributed by atoms with Gasteiger partial charge in [-0.15, -0.1) is 11.3 Å². The molecule has 228 valence electrons. The van der Waals surface area contributed by atoms with Gasteiger partial charge in [-0.05, 0) is 49.1 Å². The third kappa shape index (κ3) is 7.48. The van der Waals surface area contributed by atoms with Crippen LogP contribution in [-0.4, -0.2) is 90.4 Å². The van der Waals surface area contributed by atoms with Crippen LogP contribution < -0.4 is 5.48 Å². The number of amides is 1. The Kier molecular flexibility index (Phi) is 10.9. The van der Waals surface area contributed by atoms with Crippen LogP contribution in [0.2, 0.25) is 5.02 Å². The minimum Gasteiger partial charge on any atom is -0.383 e. The van der Waals surface area contributed by atoms with Gasteiger partial charge >= 0.3 is 0 Å². The summed E-state index contributed by atoms with van der Waals surface area (Å²) in [7, 11) is -5.09. The fraction of sp³-hybridized carbons (Fsp3) is 0.577. The predicted octanol–water partition coefficient (Wildman–Crippen LogP) is 3.17. The number of methoxy groups -OCH3 is 1. The van der Waals surface area contributed by atoms with Gasteiger partial charge in [-0.3, -0.25) is 4.79 Å². The van der Waals surface area contributed by atoms with Gasteiger partial charge in [-0.2, -0.15) is 17.0 Å². The topological polar surface area (TPSA) is 132 Å². The van der Waals surface area contributed by atoms with Gasteiger partial charge in [0.25, 0.3) is 10.2 Å². The number of likely N-dealkylation sites (N-methyl/N-ethyl adjacent to an activating group) is 1. The quantitative estimate of drug-likeness (QED) is 0.367. The average Bonchev–Trinajstić information content (AvgIpc) is 3.40. The molecule has 15 heteroatoms. The Bertz CT molecular complexity index is 1400. The number of hydrogen-bond acceptors (Lipinski definition) is 9. The van der Waals surface area contributed by atoms with Gasteiger partial charge in [-0.1, -0.05) is 23.7 Å². The second-order valence-corrected chi connectivity index (χ2v) is 16.0. The average molecular weight is 650 g/mol. The number of carbonyl (C=O) groups excluding carboxylic acids is 1. The molecule has 0 radical (unpaired) electrons. The molecule has 2 aliphatic heterocycles. The van der Waals surface area contributed by atoms with Crippen molar-refractivity contribution in [3.63, 3.8) is 0 Å². The molecule has 2 fully saturated rings. The fourth-order valence-electron chi connectivity index (χ4n) is 4.90. The van der Waals surface area contributed by atoms with Crippen molar-refractivity contribution in [3.8, 4) is 10.4 Å². The van der Waals surface area contributed by atoms with E-state index in [2.05, 4.69) is 5.48 Å². The minimum absolute atomic E-state index is 0.0903. The normalized spacial score (nSPS) is 23.8. The molecule has 1 amide bonds. The molecule has 11 nitrogen and oxygen atoms in total. The molecule has 0 saturated carbocycles. The number of hydrogen-bond donors (Lipinski definition) is 1. The summed E-state index contributed by atoms with van der Waals surface area (Å²) in [5.74, 6) is -1.07. The number of nitrogens with one attached hydrogen (secondary N) is 1. The smallest absolute Gasteiger partial charge is 0.281 e. The van der Waals surface area contributed by atoms with E-state index in [1.807, 2.05) is 18.2 Å². The van der Waals surface area contributed by atoms with Crippen molar-refractivity contribution < 1.29 is 35.9 Å². The summed E-state index contributed by atoms with van der Waals surface area (Å²) < 4.78 is 65.9. The van der Waals surface area contributed by atoms with E-state index in [-0.39, 0.29) is 32.7 Å². The van der Waals surface area contributed by atoms with Crippen molar-refractivity contribution in [1.82, 2.24) is 14.1 Å². The van der Waals surface area contributed by atoms with Crippen molar-refractivity contribution in [1.29, 1.82) is 0 Å². The zero-order chi connectivity index (χ0) is 29.7. The van der Waals surface area contributed by atoms with Gasteiger partial charge < -0.3 is 9.47 Å². The van der Waals surface area contributed by atoms with E-state index in [1.165, 1.54) is 29.8 Å². The third-order valence-electron chi connectivity index (χ3n) is 7.37. The molecule has 2 unspecified atom stereocenters. The highest BCUT2D eigenvalue weighted by molar-refractivity contribution is 7.92. The Morgan fingerprint density at radius 2 is 1.98 bits per heavy atom. The number of thiophene rings is 1. The summed E-state index contributed by atoms with van der Waals surface area (Å²) in [6, 6.07) is 10.7. The largest absolute Gasteiger partial charge is 0.383 e. The van der Waals surface area contributed by atoms with Crippen molar-refractivity contribution >= 4 is 48.9 Å². The van der Waals surface area contributed by atoms with Crippen LogP contribution >= 0.6 is 22.9 Å². The van der Waals surface area contributed by atoms with E-state index in [4.69, 9.17) is 25.9 Å². The van der Waals surface area contributed by atoms with Crippen LogP contribution in [0.15, 0.2) is 36.4 Å². The second kappa shape index (κ2) is 13.8. The number of rotatable bonds is 11. The van der Waals surface area contributed by atoms with Gasteiger partial charge in [0.05, 0.1) is 18.8 Å². The lowest BCUT2D eigenvalue weighted by Gasteiger charge is -2.31. The van der Waals surface area contributed by atoms with Gasteiger partial charge in [-0.25, -0.2) is 18.7 Å². The van der Waals surface area contributed by atoms with Crippen LogP contribution in [0.5, 0.6) is 0 Å². The number of nitrogens with zero attached hydrogens (tertiary/aromatic N) is 2. The van der Waals surface area contributed by atoms with E-state index in [9.17, 15) is 21.6 Å². The third-order valence-corrected chi connectivity index (χ3v) is 13.6. The number of carbonyl (C=O) groups is 1. The monoisotopic (exact) mass is 649 g/mol. The molecule has 1 aromatic heterocycles. The van der Waals surface area contributed by atoms with Crippen LogP contribution in [-0.2, 0) is 43.9 Å². The summed E-state index contributed by atoms with van der Waals surface area (Å²) >= 11 is 7.30. The molecule has 2 aromatic rings. The van der Waals surface area contributed by atoms with Crippen LogP contribution in [0.1, 0.15) is 37.0 Å². The van der Waals surface area contributed by atoms with Gasteiger partial charge in [0.2, 0.25) is 5.91 Å². The standard InChI is InChI=1S/C26H36ClN3O8S3/c1-29(14-17-36-2)41(34,35)30-13-12-26(40(32,33)18-15-30,19-24(31)28-38-25-5-3-4-16-37-25)23-11-10-22(39-23)20-6-8-21(27)9-7-20/h6-11,25H,3-5,12-19H2,1-2H3,(H,28,31). The molecule has 2 aliphatic rings. The molecular formula is C26H36ClN3O8S3. The van der Waals surface area contributed by atoms with E-state index in [1.54, 1.807) is 18.2 Å². The van der Waals surface area contributed by atoms with Gasteiger partial charge in [0, 0.05) is 61.6 Å². The van der Waals surface area contributed by atoms with Crippen LogP contribution in [0.25, 0.3) is 10.4 Å². The number of hydroxylamine groups is 1. The van der Waals surface area contributed by atoms with Crippen LogP contribution in [0.3, 0.4) is 0 Å². The maximum atomic E-state index is 14.1. The first-order valence-electron chi connectivity index (χ1n) is 13.3. The number of halogens is 1. The summed E-state index contributed by atoms with van der Waals surface area (Å²) in [6.07, 6.45) is 1.27. The Labute approximate surface area is 250 Å². The fourth-order valence-corrected chi connectivity index (χ4v) is 10.1. The first kappa shape index (κ1) is 32.3. The first-order valence-corrected chi connectivity index (χ1v) is 17.6. The molecule has 1 N–H and O–H groups in total. The molecule has 4 rings (SSSR count). The Morgan fingerprint density at radius 1 is 1.22 bits per heavy atom. The number of sulfone groups is 1. The molecule has 0 spiro atoms. The van der Waals surface area contributed by atoms with Gasteiger partial charge in [0.1, 0.15) is 4.75 Å². The zero-order valence-electron chi connectivity index (χ0n) is 23.1. The maximum Gasteiger partial charge on any atom is 0.281 e. The van der Waals surface area contributed by atoms with Crippen molar-refractivity contribution in [3.05, 3.63) is 46.3 Å². The molecule has 2 saturated heterocycles. The lowest BCUT2D eigenvalue weighted by Crippen LogP contribution is -2.44. The predicted molar refractivity (Wildman–Crippen MR) is 157 cm³/mol. The lowest BCUT2D eigenvalue weighted by atomic mass is 9.97. The molecule has 3 heterocycles. The molecule has 0 bridgehead atoms. The summed E-state index contributed by atoms with van der Waals surface area (Å²) in [4.78, 5) is 19.9. The van der Waals surface area contributed by atoms with E-state index < -0.39 is 49.2 Å². The van der Waals surface area contributed by atoms with Crippen LogP contribution in [0.4, 0.5) is 0 Å². The van der Waals surface area contributed by atoms with Crippen LogP contribution in [0, 0.1) is 0 Å². The highest BCUT2D eigenvalue weighted by Crippen LogP contribution is 2.45. The van der Waals surface area contributed by atoms with E-state index in [0.29, 0.717) is 22.9 Å².